The van der Waals surface area contributed by atoms with E-state index in [2.05, 4.69) is 6.92 Å². The molecule has 0 rings (SSSR count). The summed E-state index contributed by atoms with van der Waals surface area (Å²) in [5.41, 5.74) is 5.63. The lowest BCUT2D eigenvalue weighted by Crippen LogP contribution is -2.31. The monoisotopic (exact) mass is 175 g/mol. The van der Waals surface area contributed by atoms with E-state index in [0.717, 1.165) is 32.1 Å². The molecule has 0 fully saturated rings. The maximum atomic E-state index is 13.2. The lowest BCUT2D eigenvalue weighted by atomic mass is 10.0. The van der Waals surface area contributed by atoms with Gasteiger partial charge in [-0.15, -0.1) is 0 Å². The molecule has 2 N–H and O–H groups in total. The van der Waals surface area contributed by atoms with Crippen LogP contribution in [0.15, 0.2) is 0 Å². The first-order chi connectivity index (χ1) is 5.72. The van der Waals surface area contributed by atoms with Crippen LogP contribution in [0.4, 0.5) is 4.39 Å². The van der Waals surface area contributed by atoms with Gasteiger partial charge in [-0.1, -0.05) is 39.5 Å². The molecule has 0 aromatic rings. The van der Waals surface area contributed by atoms with Gasteiger partial charge in [-0.2, -0.15) is 0 Å². The molecule has 0 bridgehead atoms. The highest BCUT2D eigenvalue weighted by molar-refractivity contribution is 4.71. The third-order valence-electron chi connectivity index (χ3n) is 2.17. The molecule has 0 spiro atoms. The Hall–Kier alpha value is -0.110. The minimum atomic E-state index is -0.781. The standard InChI is InChI=1S/C10H22FN/c1-3-5-6-8-9(11)10(12)7-4-2/h9-10H,3-8,12H2,1-2H3. The molecular formula is C10H22FN. The lowest BCUT2D eigenvalue weighted by Gasteiger charge is -2.15. The van der Waals surface area contributed by atoms with E-state index in [-0.39, 0.29) is 6.04 Å². The molecule has 2 unspecified atom stereocenters. The molecule has 0 saturated heterocycles. The van der Waals surface area contributed by atoms with Crippen LogP contribution in [-0.4, -0.2) is 12.2 Å². The van der Waals surface area contributed by atoms with Crippen molar-refractivity contribution in [2.45, 2.75) is 64.6 Å². The molecule has 74 valence electrons. The second-order valence-electron chi connectivity index (χ2n) is 3.46. The van der Waals surface area contributed by atoms with E-state index in [9.17, 15) is 4.39 Å². The summed E-state index contributed by atoms with van der Waals surface area (Å²) in [5.74, 6) is 0. The fourth-order valence-corrected chi connectivity index (χ4v) is 1.32. The quantitative estimate of drug-likeness (QED) is 0.591. The number of hydrogen-bond donors (Lipinski definition) is 1. The Kier molecular flexibility index (Phi) is 7.47. The van der Waals surface area contributed by atoms with Gasteiger partial charge in [-0.05, 0) is 12.8 Å². The van der Waals surface area contributed by atoms with E-state index in [1.807, 2.05) is 6.92 Å². The van der Waals surface area contributed by atoms with Gasteiger partial charge in [-0.3, -0.25) is 0 Å². The van der Waals surface area contributed by atoms with Crippen LogP contribution in [-0.2, 0) is 0 Å². The molecule has 0 aromatic heterocycles. The summed E-state index contributed by atoms with van der Waals surface area (Å²) >= 11 is 0. The summed E-state index contributed by atoms with van der Waals surface area (Å²) in [6.45, 7) is 4.16. The fourth-order valence-electron chi connectivity index (χ4n) is 1.32. The Labute approximate surface area is 75.5 Å². The average Bonchev–Trinajstić information content (AvgIpc) is 2.05. The van der Waals surface area contributed by atoms with Gasteiger partial charge in [0.25, 0.3) is 0 Å². The number of halogens is 1. The summed E-state index contributed by atoms with van der Waals surface area (Å²) in [5, 5.41) is 0. The van der Waals surface area contributed by atoms with Gasteiger partial charge in [0.2, 0.25) is 0 Å². The zero-order valence-corrected chi connectivity index (χ0v) is 8.35. The van der Waals surface area contributed by atoms with Gasteiger partial charge in [-0.25, -0.2) is 4.39 Å². The van der Waals surface area contributed by atoms with E-state index < -0.39 is 6.17 Å². The van der Waals surface area contributed by atoms with Crippen LogP contribution in [0.2, 0.25) is 0 Å². The summed E-state index contributed by atoms with van der Waals surface area (Å²) in [7, 11) is 0. The topological polar surface area (TPSA) is 26.0 Å². The third kappa shape index (κ3) is 5.53. The summed E-state index contributed by atoms with van der Waals surface area (Å²) in [6, 6.07) is -0.230. The van der Waals surface area contributed by atoms with Crippen molar-refractivity contribution < 1.29 is 4.39 Å². The molecule has 0 radical (unpaired) electrons. The molecule has 12 heavy (non-hydrogen) atoms. The van der Waals surface area contributed by atoms with Gasteiger partial charge >= 0.3 is 0 Å². The van der Waals surface area contributed by atoms with Gasteiger partial charge in [0, 0.05) is 6.04 Å². The van der Waals surface area contributed by atoms with Gasteiger partial charge in [0.05, 0.1) is 0 Å². The summed E-state index contributed by atoms with van der Waals surface area (Å²) < 4.78 is 13.2. The molecule has 0 aliphatic rings. The van der Waals surface area contributed by atoms with Crippen molar-refractivity contribution in [2.24, 2.45) is 5.73 Å². The second kappa shape index (κ2) is 7.53. The molecule has 0 aromatic carbocycles. The summed E-state index contributed by atoms with van der Waals surface area (Å²) in [4.78, 5) is 0. The Morgan fingerprint density at radius 1 is 1.08 bits per heavy atom. The van der Waals surface area contributed by atoms with E-state index >= 15 is 0 Å². The Bertz CT molecular complexity index is 95.8. The molecule has 0 aliphatic heterocycles. The highest BCUT2D eigenvalue weighted by Gasteiger charge is 2.14. The van der Waals surface area contributed by atoms with Crippen LogP contribution >= 0.6 is 0 Å². The van der Waals surface area contributed by atoms with Crippen LogP contribution in [0.3, 0.4) is 0 Å². The van der Waals surface area contributed by atoms with Gasteiger partial charge in [0.15, 0.2) is 0 Å². The molecule has 0 heterocycles. The smallest absolute Gasteiger partial charge is 0.115 e. The van der Waals surface area contributed by atoms with Crippen molar-refractivity contribution in [1.29, 1.82) is 0 Å². The first-order valence-corrected chi connectivity index (χ1v) is 5.12. The predicted octanol–water partition coefficient (Wildman–Crippen LogP) is 3.03. The average molecular weight is 175 g/mol. The zero-order chi connectivity index (χ0) is 9.40. The molecule has 1 nitrogen and oxygen atoms in total. The first-order valence-electron chi connectivity index (χ1n) is 5.12. The van der Waals surface area contributed by atoms with Crippen molar-refractivity contribution >= 4 is 0 Å². The van der Waals surface area contributed by atoms with Crippen molar-refractivity contribution in [3.05, 3.63) is 0 Å². The Morgan fingerprint density at radius 2 is 1.75 bits per heavy atom. The van der Waals surface area contributed by atoms with E-state index in [0.29, 0.717) is 6.42 Å². The van der Waals surface area contributed by atoms with E-state index in [4.69, 9.17) is 5.73 Å². The third-order valence-corrected chi connectivity index (χ3v) is 2.17. The number of alkyl halides is 1. The predicted molar refractivity (Wildman–Crippen MR) is 51.9 cm³/mol. The molecule has 0 saturated carbocycles. The van der Waals surface area contributed by atoms with Crippen LogP contribution in [0.5, 0.6) is 0 Å². The molecule has 0 aliphatic carbocycles. The van der Waals surface area contributed by atoms with Gasteiger partial charge < -0.3 is 5.73 Å². The minimum absolute atomic E-state index is 0.230. The lowest BCUT2D eigenvalue weighted by molar-refractivity contribution is 0.249. The minimum Gasteiger partial charge on any atom is -0.325 e. The number of rotatable bonds is 7. The maximum absolute atomic E-state index is 13.2. The SMILES string of the molecule is CCCCCC(F)C(N)CCC. The zero-order valence-electron chi connectivity index (χ0n) is 8.35. The molecule has 2 heteroatoms. The van der Waals surface area contributed by atoms with Crippen LogP contribution in [0.1, 0.15) is 52.4 Å². The Balaban J connectivity index is 3.35. The highest BCUT2D eigenvalue weighted by atomic mass is 19.1. The number of hydrogen-bond acceptors (Lipinski definition) is 1. The van der Waals surface area contributed by atoms with Crippen molar-refractivity contribution in [2.75, 3.05) is 0 Å². The van der Waals surface area contributed by atoms with Crippen molar-refractivity contribution in [3.63, 3.8) is 0 Å². The van der Waals surface area contributed by atoms with Crippen LogP contribution < -0.4 is 5.73 Å². The van der Waals surface area contributed by atoms with E-state index in [1.54, 1.807) is 0 Å². The van der Waals surface area contributed by atoms with Crippen LogP contribution in [0.25, 0.3) is 0 Å². The van der Waals surface area contributed by atoms with Crippen molar-refractivity contribution in [3.8, 4) is 0 Å². The largest absolute Gasteiger partial charge is 0.325 e. The molecule has 2 atom stereocenters. The summed E-state index contributed by atoms with van der Waals surface area (Å²) in [6.07, 6.45) is 4.92. The highest BCUT2D eigenvalue weighted by Crippen LogP contribution is 2.12. The number of unbranched alkanes of at least 4 members (excludes halogenated alkanes) is 2. The normalized spacial score (nSPS) is 16.0. The molecular weight excluding hydrogens is 153 g/mol. The first kappa shape index (κ1) is 11.9. The fraction of sp³-hybridized carbons (Fsp3) is 1.00. The van der Waals surface area contributed by atoms with Crippen molar-refractivity contribution in [1.82, 2.24) is 0 Å². The number of nitrogens with two attached hydrogens (primary N) is 1. The second-order valence-corrected chi connectivity index (χ2v) is 3.46. The van der Waals surface area contributed by atoms with E-state index in [1.165, 1.54) is 0 Å². The maximum Gasteiger partial charge on any atom is 0.115 e. The van der Waals surface area contributed by atoms with Crippen LogP contribution in [0, 0.1) is 0 Å². The Morgan fingerprint density at radius 3 is 2.25 bits per heavy atom. The van der Waals surface area contributed by atoms with Gasteiger partial charge in [0.1, 0.15) is 6.17 Å². The molecule has 0 amide bonds.